The lowest BCUT2D eigenvalue weighted by molar-refractivity contribution is 0.660. The smallest absolute Gasteiger partial charge is 0.0555 e. The highest BCUT2D eigenvalue weighted by atomic mass is 32.1. The average Bonchev–Trinajstić information content (AvgIpc) is 4.07. The van der Waals surface area contributed by atoms with Crippen molar-refractivity contribution in [1.29, 1.82) is 0 Å². The summed E-state index contributed by atoms with van der Waals surface area (Å²) in [5.74, 6) is 0. The van der Waals surface area contributed by atoms with E-state index in [0.717, 1.165) is 17.1 Å². The van der Waals surface area contributed by atoms with E-state index in [0.29, 0.717) is 0 Å². The predicted octanol–water partition coefficient (Wildman–Crippen LogP) is 18.6. The summed E-state index contributed by atoms with van der Waals surface area (Å²) in [7, 11) is 0. The number of hydrogen-bond acceptors (Lipinski definition) is 2. The number of thiophene rings is 1. The molecule has 0 saturated heterocycles. The number of hydrogen-bond donors (Lipinski definition) is 0. The molecule has 328 valence electrons. The van der Waals surface area contributed by atoms with Gasteiger partial charge in [0.1, 0.15) is 0 Å². The first-order valence-corrected chi connectivity index (χ1v) is 25.0. The molecule has 14 rings (SSSR count). The van der Waals surface area contributed by atoms with Crippen LogP contribution in [-0.2, 0) is 10.8 Å². The third-order valence-corrected chi connectivity index (χ3v) is 16.8. The van der Waals surface area contributed by atoms with E-state index in [2.05, 4.69) is 256 Å². The zero-order chi connectivity index (χ0) is 46.2. The van der Waals surface area contributed by atoms with Gasteiger partial charge >= 0.3 is 0 Å². The molecule has 0 atom stereocenters. The number of rotatable bonds is 6. The van der Waals surface area contributed by atoms with Crippen LogP contribution in [0.2, 0.25) is 0 Å². The lowest BCUT2D eigenvalue weighted by Crippen LogP contribution is -2.18. The van der Waals surface area contributed by atoms with Gasteiger partial charge in [-0.05, 0) is 146 Å². The summed E-state index contributed by atoms with van der Waals surface area (Å²) in [5.41, 5.74) is 22.4. The van der Waals surface area contributed by atoms with Crippen LogP contribution in [0.5, 0.6) is 0 Å². The summed E-state index contributed by atoms with van der Waals surface area (Å²) in [6.07, 6.45) is 0. The van der Waals surface area contributed by atoms with Gasteiger partial charge < -0.3 is 9.47 Å². The largest absolute Gasteiger partial charge is 0.310 e. The first-order valence-electron chi connectivity index (χ1n) is 24.2. The van der Waals surface area contributed by atoms with Crippen LogP contribution < -0.4 is 4.90 Å². The molecule has 12 aromatic rings. The lowest BCUT2D eigenvalue weighted by Gasteiger charge is -2.30. The molecule has 0 aliphatic heterocycles. The van der Waals surface area contributed by atoms with Gasteiger partial charge in [-0.1, -0.05) is 167 Å². The van der Waals surface area contributed by atoms with E-state index in [4.69, 9.17) is 0 Å². The van der Waals surface area contributed by atoms with Gasteiger partial charge in [0.05, 0.1) is 11.0 Å². The minimum absolute atomic E-state index is 0.113. The van der Waals surface area contributed by atoms with Crippen molar-refractivity contribution in [2.75, 3.05) is 4.90 Å². The van der Waals surface area contributed by atoms with Crippen LogP contribution in [0.1, 0.15) is 49.9 Å². The van der Waals surface area contributed by atoms with Gasteiger partial charge in [0.25, 0.3) is 0 Å². The van der Waals surface area contributed by atoms with Gasteiger partial charge in [0, 0.05) is 64.5 Å². The molecular formula is C66H48N2S. The van der Waals surface area contributed by atoms with E-state index < -0.39 is 0 Å². The Balaban J connectivity index is 0.889. The first kappa shape index (κ1) is 40.1. The van der Waals surface area contributed by atoms with Crippen LogP contribution in [0.3, 0.4) is 0 Å². The Morgan fingerprint density at radius 2 is 0.884 bits per heavy atom. The fraction of sp³-hybridized carbons (Fsp3) is 0.0909. The summed E-state index contributed by atoms with van der Waals surface area (Å²) in [6.45, 7) is 9.56. The quantitative estimate of drug-likeness (QED) is 0.161. The highest BCUT2D eigenvalue weighted by Gasteiger charge is 2.38. The molecule has 0 amide bonds. The minimum atomic E-state index is -0.238. The molecule has 0 spiro atoms. The SMILES string of the molecule is CC1(C)c2ccccc2-c2ccc(N(c3ccc(-c4ccccc4)cc3)c3ccc4c(c3)C(C)(C)c3cc(-c5ccc6c(c5)c5c7sc8ccccc8c7ccc5n6-c5ccccc5)ccc3-4)cc21. The third kappa shape index (κ3) is 5.90. The van der Waals surface area contributed by atoms with Crippen molar-refractivity contribution in [3.8, 4) is 50.2 Å². The molecule has 69 heavy (non-hydrogen) atoms. The van der Waals surface area contributed by atoms with Gasteiger partial charge in [-0.2, -0.15) is 0 Å². The molecule has 10 aromatic carbocycles. The molecule has 2 aliphatic carbocycles. The van der Waals surface area contributed by atoms with Gasteiger partial charge in [-0.25, -0.2) is 0 Å². The Hall–Kier alpha value is -7.98. The van der Waals surface area contributed by atoms with E-state index in [-0.39, 0.29) is 10.8 Å². The fourth-order valence-corrected chi connectivity index (χ4v) is 13.3. The van der Waals surface area contributed by atoms with Crippen LogP contribution >= 0.6 is 11.3 Å². The Kier molecular flexibility index (Phi) is 8.58. The number of benzene rings is 10. The molecule has 0 saturated carbocycles. The van der Waals surface area contributed by atoms with Gasteiger partial charge in [-0.15, -0.1) is 11.3 Å². The number of fused-ring (bicyclic) bond motifs is 13. The molecule has 2 aliphatic rings. The van der Waals surface area contributed by atoms with E-state index in [1.54, 1.807) is 0 Å². The second kappa shape index (κ2) is 14.8. The molecule has 2 heterocycles. The highest BCUT2D eigenvalue weighted by molar-refractivity contribution is 7.26. The summed E-state index contributed by atoms with van der Waals surface area (Å²) >= 11 is 1.91. The highest BCUT2D eigenvalue weighted by Crippen LogP contribution is 2.54. The standard InChI is InChI=1S/C66H48N2S/c1-65(2)56-21-13-11-19-49(56)51-32-29-47(39-58(51)65)67(46-27-23-42(24-28-46)41-15-7-5-8-16-41)48-30-33-52-50-31-25-44(38-57(50)66(3,4)59(52)40-48)43-26-35-60-55(37-43)63-61(68(60)45-17-9-6-10-18-45)36-34-54-53-20-12-14-22-62(53)69-64(54)63/h5-40H,1-4H3. The summed E-state index contributed by atoms with van der Waals surface area (Å²) < 4.78 is 5.12. The normalized spacial score (nSPS) is 14.0. The molecule has 0 N–H and O–H groups in total. The average molecular weight is 901 g/mol. The zero-order valence-electron chi connectivity index (χ0n) is 39.1. The maximum absolute atomic E-state index is 2.47. The van der Waals surface area contributed by atoms with E-state index in [1.807, 2.05) is 11.3 Å². The van der Waals surface area contributed by atoms with Crippen LogP contribution in [0.15, 0.2) is 218 Å². The van der Waals surface area contributed by atoms with Crippen LogP contribution in [-0.4, -0.2) is 4.57 Å². The van der Waals surface area contributed by atoms with Crippen LogP contribution in [0.4, 0.5) is 17.1 Å². The summed E-state index contributed by atoms with van der Waals surface area (Å²) in [5, 5.41) is 5.26. The molecule has 3 heteroatoms. The van der Waals surface area contributed by atoms with Crippen LogP contribution in [0, 0.1) is 0 Å². The van der Waals surface area contributed by atoms with E-state index >= 15 is 0 Å². The summed E-state index contributed by atoms with van der Waals surface area (Å²) in [6, 6.07) is 81.6. The molecule has 0 fully saturated rings. The van der Waals surface area contributed by atoms with Crippen molar-refractivity contribution < 1.29 is 0 Å². The number of anilines is 3. The number of aromatic nitrogens is 1. The first-order chi connectivity index (χ1) is 33.7. The van der Waals surface area contributed by atoms with Crippen molar-refractivity contribution >= 4 is 70.4 Å². The van der Waals surface area contributed by atoms with Crippen molar-refractivity contribution in [2.45, 2.75) is 38.5 Å². The lowest BCUT2D eigenvalue weighted by atomic mass is 9.81. The third-order valence-electron chi connectivity index (χ3n) is 15.6. The Morgan fingerprint density at radius 1 is 0.362 bits per heavy atom. The maximum Gasteiger partial charge on any atom is 0.0555 e. The van der Waals surface area contributed by atoms with Gasteiger partial charge in [-0.3, -0.25) is 0 Å². The Bertz CT molecular complexity index is 4060. The molecule has 2 nitrogen and oxygen atoms in total. The second-order valence-electron chi connectivity index (χ2n) is 20.1. The topological polar surface area (TPSA) is 8.17 Å². The van der Waals surface area contributed by atoms with Crippen molar-refractivity contribution in [3.63, 3.8) is 0 Å². The predicted molar refractivity (Wildman–Crippen MR) is 294 cm³/mol. The molecule has 0 bridgehead atoms. The number of nitrogens with zero attached hydrogens (tertiary/aromatic N) is 2. The minimum Gasteiger partial charge on any atom is -0.310 e. The van der Waals surface area contributed by atoms with E-state index in [9.17, 15) is 0 Å². The maximum atomic E-state index is 2.47. The zero-order valence-corrected chi connectivity index (χ0v) is 39.9. The molecule has 0 unspecified atom stereocenters. The molecular weight excluding hydrogens is 853 g/mol. The van der Waals surface area contributed by atoms with Crippen molar-refractivity contribution in [3.05, 3.63) is 241 Å². The Morgan fingerprint density at radius 3 is 1.62 bits per heavy atom. The van der Waals surface area contributed by atoms with Crippen LogP contribution in [0.25, 0.3) is 92.2 Å². The Labute approximate surface area is 407 Å². The monoisotopic (exact) mass is 900 g/mol. The second-order valence-corrected chi connectivity index (χ2v) is 21.2. The van der Waals surface area contributed by atoms with E-state index in [1.165, 1.54) is 114 Å². The fourth-order valence-electron chi connectivity index (χ4n) is 12.1. The van der Waals surface area contributed by atoms with Crippen molar-refractivity contribution in [2.24, 2.45) is 0 Å². The molecule has 2 aromatic heterocycles. The number of para-hydroxylation sites is 1. The van der Waals surface area contributed by atoms with Gasteiger partial charge in [0.2, 0.25) is 0 Å². The summed E-state index contributed by atoms with van der Waals surface area (Å²) in [4.78, 5) is 2.47. The van der Waals surface area contributed by atoms with Gasteiger partial charge in [0.15, 0.2) is 0 Å². The van der Waals surface area contributed by atoms with Crippen molar-refractivity contribution in [1.82, 2.24) is 4.57 Å². The molecule has 0 radical (unpaired) electrons.